The van der Waals surface area contributed by atoms with Gasteiger partial charge < -0.3 is 19.6 Å². The Labute approximate surface area is 191 Å². The average Bonchev–Trinajstić information content (AvgIpc) is 3.60. The van der Waals surface area contributed by atoms with Crippen LogP contribution < -0.4 is 5.32 Å². The van der Waals surface area contributed by atoms with Crippen LogP contribution >= 0.6 is 0 Å². The number of benzene rings is 1. The molecule has 2 N–H and O–H groups in total. The number of fused-ring (bicyclic) bond motifs is 2. The van der Waals surface area contributed by atoms with Gasteiger partial charge in [-0.05, 0) is 42.0 Å². The van der Waals surface area contributed by atoms with Crippen LogP contribution in [0, 0.1) is 11.8 Å². The van der Waals surface area contributed by atoms with E-state index in [2.05, 4.69) is 39.5 Å². The molecule has 6 rings (SSSR count). The summed E-state index contributed by atoms with van der Waals surface area (Å²) in [5.74, 6) is 1.05. The molecule has 33 heavy (non-hydrogen) atoms. The zero-order valence-electron chi connectivity index (χ0n) is 18.2. The zero-order chi connectivity index (χ0) is 22.8. The average molecular weight is 450 g/mol. The van der Waals surface area contributed by atoms with Crippen molar-refractivity contribution in [3.05, 3.63) is 66.4 Å². The number of carbonyl (C=O) groups excluding carboxylic acids is 1. The van der Waals surface area contributed by atoms with E-state index < -0.39 is 0 Å². The topological polar surface area (TPSA) is 105 Å². The molecule has 8 nitrogen and oxygen atoms in total. The number of hydrogen-bond acceptors (Lipinski definition) is 6. The van der Waals surface area contributed by atoms with Gasteiger partial charge in [0.1, 0.15) is 0 Å². The van der Waals surface area contributed by atoms with Gasteiger partial charge in [0, 0.05) is 55.8 Å². The van der Waals surface area contributed by atoms with E-state index in [1.165, 1.54) is 22.6 Å². The third kappa shape index (κ3) is 4.00. The van der Waals surface area contributed by atoms with Crippen molar-refractivity contribution >= 4 is 23.2 Å². The first-order valence-electron chi connectivity index (χ1n) is 11.2. The maximum Gasteiger partial charge on any atom is 0.290 e. The van der Waals surface area contributed by atoms with Crippen LogP contribution in [0.2, 0.25) is 0 Å². The maximum absolute atomic E-state index is 12.3. The number of likely N-dealkylation sites (tertiary alicyclic amines) is 1. The first-order valence-corrected chi connectivity index (χ1v) is 11.2. The van der Waals surface area contributed by atoms with Gasteiger partial charge in [-0.15, -0.1) is 0 Å². The summed E-state index contributed by atoms with van der Waals surface area (Å²) >= 11 is 0. The van der Waals surface area contributed by atoms with Gasteiger partial charge in [-0.1, -0.05) is 18.2 Å². The highest BCUT2D eigenvalue weighted by molar-refractivity contribution is 5.91. The van der Waals surface area contributed by atoms with Gasteiger partial charge >= 0.3 is 0 Å². The van der Waals surface area contributed by atoms with E-state index in [1.54, 1.807) is 12.1 Å². The Morgan fingerprint density at radius 1 is 1.30 bits per heavy atom. The molecule has 0 unspecified atom stereocenters. The van der Waals surface area contributed by atoms with Crippen molar-refractivity contribution in [2.24, 2.45) is 11.8 Å². The highest BCUT2D eigenvalue weighted by atomic mass is 16.5. The summed E-state index contributed by atoms with van der Waals surface area (Å²) in [6.45, 7) is 3.29. The van der Waals surface area contributed by atoms with Gasteiger partial charge in [-0.25, -0.2) is 0 Å². The Kier molecular flexibility index (Phi) is 5.86. The van der Waals surface area contributed by atoms with Crippen LogP contribution in [-0.4, -0.2) is 58.7 Å². The van der Waals surface area contributed by atoms with Crippen LogP contribution in [0.3, 0.4) is 0 Å². The fourth-order valence-electron chi connectivity index (χ4n) is 5.95. The third-order valence-electron chi connectivity index (χ3n) is 7.26. The van der Waals surface area contributed by atoms with E-state index in [-0.39, 0.29) is 24.1 Å². The molecule has 172 valence electrons. The number of pyridine rings is 1. The van der Waals surface area contributed by atoms with E-state index in [1.807, 2.05) is 12.4 Å². The normalized spacial score (nSPS) is 27.7. The largest absolute Gasteiger partial charge is 0.483 e. The van der Waals surface area contributed by atoms with Crippen LogP contribution in [0.4, 0.5) is 0 Å². The Morgan fingerprint density at radius 3 is 3.00 bits per heavy atom. The van der Waals surface area contributed by atoms with Gasteiger partial charge in [-0.3, -0.25) is 19.5 Å². The highest BCUT2D eigenvalue weighted by Crippen LogP contribution is 2.54. The van der Waals surface area contributed by atoms with Crippen molar-refractivity contribution in [3.8, 4) is 0 Å². The minimum atomic E-state index is -0.250. The summed E-state index contributed by atoms with van der Waals surface area (Å²) in [5.41, 5.74) is 1.29. The Morgan fingerprint density at radius 2 is 2.18 bits per heavy atom. The van der Waals surface area contributed by atoms with E-state index >= 15 is 0 Å². The van der Waals surface area contributed by atoms with Crippen LogP contribution in [-0.2, 0) is 16.1 Å². The molecule has 2 bridgehead atoms. The quantitative estimate of drug-likeness (QED) is 0.577. The molecule has 1 spiro atoms. The van der Waals surface area contributed by atoms with Gasteiger partial charge in [0.15, 0.2) is 5.76 Å². The molecule has 2 aromatic heterocycles. The summed E-state index contributed by atoms with van der Waals surface area (Å²) in [5, 5.41) is 12.4. The van der Waals surface area contributed by atoms with Crippen molar-refractivity contribution in [2.45, 2.75) is 31.1 Å². The van der Waals surface area contributed by atoms with E-state index in [0.29, 0.717) is 24.1 Å². The Balaban J connectivity index is 0.000000724. The molecule has 0 aliphatic carbocycles. The zero-order valence-corrected chi connectivity index (χ0v) is 18.2. The fraction of sp³-hybridized carbons (Fsp3) is 0.400. The Hall–Kier alpha value is -3.23. The second-order valence-corrected chi connectivity index (χ2v) is 9.01. The molecule has 4 atom stereocenters. The number of aromatic nitrogens is 1. The molecule has 1 amide bonds. The molecular weight excluding hydrogens is 422 g/mol. The van der Waals surface area contributed by atoms with Gasteiger partial charge in [0.05, 0.1) is 18.0 Å². The second kappa shape index (κ2) is 8.96. The lowest BCUT2D eigenvalue weighted by Gasteiger charge is -2.29. The molecule has 1 aromatic carbocycles. The number of nitrogens with one attached hydrogen (secondary N) is 1. The Bertz CT molecular complexity index is 1130. The summed E-state index contributed by atoms with van der Waals surface area (Å²) in [7, 11) is 0. The number of hydrogen-bond donors (Lipinski definition) is 2. The maximum atomic E-state index is 12.3. The first kappa shape index (κ1) is 21.6. The number of furan rings is 1. The van der Waals surface area contributed by atoms with Crippen LogP contribution in [0.1, 0.15) is 29.0 Å². The molecular formula is C25H27N3O5. The van der Waals surface area contributed by atoms with Crippen LogP contribution in [0.5, 0.6) is 0 Å². The SMILES string of the molecule is O=C(NC[C@H]1[C@H]2CN(Cc3cccc4cnccc34)C[C@]23CC[C@H]1O3)c1ccco1.O=CO. The standard InChI is InChI=1S/C24H25N3O3.CH2O2/c28-23(22-5-2-10-29-22)26-12-19-20-14-27(15-24(20)8-6-21(19)30-24)13-17-4-1-3-16-11-25-9-7-18(16)17;2-1-3/h1-5,7,9-11,19-21H,6,8,12-15H2,(H,26,28);1H,(H,2,3)/t19-,20+,21+,24+;/m0./s1. The second-order valence-electron chi connectivity index (χ2n) is 9.01. The summed E-state index contributed by atoms with van der Waals surface area (Å²) in [6, 6.07) is 12.0. The number of rotatable bonds is 5. The van der Waals surface area contributed by atoms with Gasteiger partial charge in [0.25, 0.3) is 12.4 Å². The summed E-state index contributed by atoms with van der Waals surface area (Å²) < 4.78 is 11.8. The lowest BCUT2D eigenvalue weighted by Crippen LogP contribution is -2.41. The first-order chi connectivity index (χ1) is 16.1. The molecule has 3 aromatic rings. The fourth-order valence-corrected chi connectivity index (χ4v) is 5.95. The summed E-state index contributed by atoms with van der Waals surface area (Å²) in [4.78, 5) is 27.5. The minimum Gasteiger partial charge on any atom is -0.483 e. The number of amides is 1. The highest BCUT2D eigenvalue weighted by Gasteiger charge is 2.62. The number of nitrogens with zero attached hydrogens (tertiary/aromatic N) is 2. The summed E-state index contributed by atoms with van der Waals surface area (Å²) in [6.07, 6.45) is 7.80. The molecule has 0 radical (unpaired) electrons. The van der Waals surface area contributed by atoms with Gasteiger partial charge in [0.2, 0.25) is 0 Å². The number of carboxylic acid groups (broad SMARTS) is 1. The lowest BCUT2D eigenvalue weighted by molar-refractivity contribution is -0.122. The smallest absolute Gasteiger partial charge is 0.290 e. The molecule has 5 heterocycles. The van der Waals surface area contributed by atoms with E-state index in [4.69, 9.17) is 19.1 Å². The molecule has 3 aliphatic rings. The third-order valence-corrected chi connectivity index (χ3v) is 7.26. The van der Waals surface area contributed by atoms with Crippen LogP contribution in [0.15, 0.2) is 59.5 Å². The van der Waals surface area contributed by atoms with E-state index in [0.717, 1.165) is 32.5 Å². The van der Waals surface area contributed by atoms with Crippen molar-refractivity contribution in [2.75, 3.05) is 19.6 Å². The molecule has 0 saturated carbocycles. The van der Waals surface area contributed by atoms with Crippen molar-refractivity contribution in [1.29, 1.82) is 0 Å². The molecule has 3 aliphatic heterocycles. The lowest BCUT2D eigenvalue weighted by atomic mass is 9.73. The molecule has 3 fully saturated rings. The number of ether oxygens (including phenoxy) is 1. The predicted octanol–water partition coefficient (Wildman–Crippen LogP) is 2.94. The van der Waals surface area contributed by atoms with E-state index in [9.17, 15) is 4.79 Å². The van der Waals surface area contributed by atoms with Crippen molar-refractivity contribution < 1.29 is 23.8 Å². The van der Waals surface area contributed by atoms with Crippen molar-refractivity contribution in [1.82, 2.24) is 15.2 Å². The predicted molar refractivity (Wildman–Crippen MR) is 121 cm³/mol. The van der Waals surface area contributed by atoms with Crippen molar-refractivity contribution in [3.63, 3.8) is 0 Å². The molecule has 8 heteroatoms. The van der Waals surface area contributed by atoms with Gasteiger partial charge in [-0.2, -0.15) is 0 Å². The molecule has 3 saturated heterocycles. The van der Waals surface area contributed by atoms with Crippen LogP contribution in [0.25, 0.3) is 10.8 Å². The number of carbonyl (C=O) groups is 2. The monoisotopic (exact) mass is 449 g/mol. The minimum absolute atomic E-state index is 0.0448.